The van der Waals surface area contributed by atoms with Crippen LogP contribution in [0, 0.1) is 5.92 Å². The van der Waals surface area contributed by atoms with Gasteiger partial charge in [0.1, 0.15) is 16.5 Å². The molecule has 2 fully saturated rings. The van der Waals surface area contributed by atoms with Crippen LogP contribution in [0.3, 0.4) is 0 Å². The lowest BCUT2D eigenvalue weighted by molar-refractivity contribution is -0.137. The highest BCUT2D eigenvalue weighted by molar-refractivity contribution is 7.89. The Labute approximate surface area is 173 Å². The summed E-state index contributed by atoms with van der Waals surface area (Å²) in [6.45, 7) is 3.46. The number of ether oxygens (including phenoxy) is 1. The largest absolute Gasteiger partial charge is 0.492 e. The summed E-state index contributed by atoms with van der Waals surface area (Å²) in [5.74, 6) is 1.04. The predicted octanol–water partition coefficient (Wildman–Crippen LogP) is 3.40. The number of piperidine rings is 1. The minimum Gasteiger partial charge on any atom is -0.492 e. The summed E-state index contributed by atoms with van der Waals surface area (Å²) in [6, 6.07) is 8.77. The van der Waals surface area contributed by atoms with Gasteiger partial charge in [-0.1, -0.05) is 12.1 Å². The molecule has 6 nitrogen and oxygen atoms in total. The van der Waals surface area contributed by atoms with E-state index in [9.17, 15) is 21.6 Å². The minimum absolute atomic E-state index is 0.114. The predicted molar refractivity (Wildman–Crippen MR) is 105 cm³/mol. The normalized spacial score (nSPS) is 22.3. The molecular weight excluding hydrogens is 419 g/mol. The summed E-state index contributed by atoms with van der Waals surface area (Å²) < 4.78 is 71.7. The van der Waals surface area contributed by atoms with Gasteiger partial charge in [0.15, 0.2) is 0 Å². The number of alkyl halides is 3. The van der Waals surface area contributed by atoms with Gasteiger partial charge in [0.25, 0.3) is 0 Å². The standard InChI is InChI=1S/C20H22F3N3O3S/c1-2-29-17-5-3-4-6-18(17)30(27,28)25-10-9-14-12-26(16(14)13-25)19-8-7-15(11-24-19)20(21,22)23/h3-8,11,14,16H,2,9-10,12-13H2,1H3/t14-,16-/m0/s1. The number of hydrogen-bond acceptors (Lipinski definition) is 5. The molecule has 30 heavy (non-hydrogen) atoms. The number of para-hydroxylation sites is 1. The summed E-state index contributed by atoms with van der Waals surface area (Å²) in [5, 5.41) is 0. The van der Waals surface area contributed by atoms with E-state index >= 15 is 0 Å². The van der Waals surface area contributed by atoms with Crippen molar-refractivity contribution in [2.45, 2.75) is 30.5 Å². The van der Waals surface area contributed by atoms with Gasteiger partial charge < -0.3 is 9.64 Å². The molecule has 2 saturated heterocycles. The number of hydrogen-bond donors (Lipinski definition) is 0. The Kier molecular flexibility index (Phi) is 5.39. The second-order valence-electron chi connectivity index (χ2n) is 7.41. The van der Waals surface area contributed by atoms with Gasteiger partial charge in [0.2, 0.25) is 10.0 Å². The molecule has 2 aliphatic rings. The fraction of sp³-hybridized carbons (Fsp3) is 0.450. The zero-order chi connectivity index (χ0) is 21.5. The van der Waals surface area contributed by atoms with Crippen LogP contribution in [0.4, 0.5) is 19.0 Å². The van der Waals surface area contributed by atoms with E-state index in [2.05, 4.69) is 4.98 Å². The number of fused-ring (bicyclic) bond motifs is 1. The van der Waals surface area contributed by atoms with Gasteiger partial charge in [-0.25, -0.2) is 13.4 Å². The summed E-state index contributed by atoms with van der Waals surface area (Å²) in [7, 11) is -3.76. The molecule has 2 atom stereocenters. The van der Waals surface area contributed by atoms with Gasteiger partial charge in [-0.15, -0.1) is 0 Å². The fourth-order valence-corrected chi connectivity index (χ4v) is 5.65. The smallest absolute Gasteiger partial charge is 0.417 e. The number of rotatable bonds is 5. The molecule has 162 valence electrons. The summed E-state index contributed by atoms with van der Waals surface area (Å²) in [5.41, 5.74) is -0.802. The lowest BCUT2D eigenvalue weighted by Gasteiger charge is -2.53. The average Bonchev–Trinajstić information content (AvgIpc) is 2.69. The van der Waals surface area contributed by atoms with Crippen LogP contribution >= 0.6 is 0 Å². The van der Waals surface area contributed by atoms with Crippen molar-refractivity contribution in [1.29, 1.82) is 0 Å². The Bertz CT molecular complexity index is 1010. The maximum absolute atomic E-state index is 13.2. The second kappa shape index (κ2) is 7.73. The van der Waals surface area contributed by atoms with E-state index in [4.69, 9.17) is 4.74 Å². The minimum atomic E-state index is -4.44. The van der Waals surface area contributed by atoms with Crippen LogP contribution in [0.5, 0.6) is 5.75 Å². The number of halogens is 3. The Morgan fingerprint density at radius 2 is 1.93 bits per heavy atom. The molecule has 0 aliphatic carbocycles. The van der Waals surface area contributed by atoms with Crippen molar-refractivity contribution < 1.29 is 26.3 Å². The van der Waals surface area contributed by atoms with Gasteiger partial charge in [-0.2, -0.15) is 17.5 Å². The summed E-state index contributed by atoms with van der Waals surface area (Å²) in [4.78, 5) is 5.96. The third-order valence-corrected chi connectivity index (χ3v) is 7.56. The first-order chi connectivity index (χ1) is 14.2. The Hall–Kier alpha value is -2.33. The van der Waals surface area contributed by atoms with Crippen molar-refractivity contribution in [3.63, 3.8) is 0 Å². The molecule has 10 heteroatoms. The van der Waals surface area contributed by atoms with E-state index < -0.39 is 21.8 Å². The van der Waals surface area contributed by atoms with Gasteiger partial charge in [-0.05, 0) is 43.5 Å². The van der Waals surface area contributed by atoms with Crippen molar-refractivity contribution >= 4 is 15.8 Å². The SMILES string of the molecule is CCOc1ccccc1S(=O)(=O)N1CC[C@H]2CN(c3ccc(C(F)(F)F)cn3)[C@H]2C1. The van der Waals surface area contributed by atoms with Crippen molar-refractivity contribution in [3.8, 4) is 5.75 Å². The molecule has 0 N–H and O–H groups in total. The molecule has 0 unspecified atom stereocenters. The number of sulfonamides is 1. The Morgan fingerprint density at radius 3 is 2.60 bits per heavy atom. The third-order valence-electron chi connectivity index (χ3n) is 5.65. The lowest BCUT2D eigenvalue weighted by Crippen LogP contribution is -2.65. The second-order valence-corrected chi connectivity index (χ2v) is 9.32. The molecule has 0 saturated carbocycles. The van der Waals surface area contributed by atoms with Crippen LogP contribution in [0.15, 0.2) is 47.5 Å². The van der Waals surface area contributed by atoms with E-state index in [0.29, 0.717) is 43.6 Å². The molecule has 2 aliphatic heterocycles. The van der Waals surface area contributed by atoms with Gasteiger partial charge in [0.05, 0.1) is 12.2 Å². The molecule has 0 spiro atoms. The number of pyridine rings is 1. The number of benzene rings is 1. The Balaban J connectivity index is 1.53. The molecule has 0 bridgehead atoms. The topological polar surface area (TPSA) is 62.7 Å². The first-order valence-electron chi connectivity index (χ1n) is 9.73. The maximum atomic E-state index is 13.2. The maximum Gasteiger partial charge on any atom is 0.417 e. The quantitative estimate of drug-likeness (QED) is 0.712. The van der Waals surface area contributed by atoms with E-state index in [1.54, 1.807) is 25.1 Å². The molecule has 4 rings (SSSR count). The van der Waals surface area contributed by atoms with E-state index in [1.807, 2.05) is 4.90 Å². The molecule has 0 radical (unpaired) electrons. The Morgan fingerprint density at radius 1 is 1.17 bits per heavy atom. The van der Waals surface area contributed by atoms with E-state index in [1.165, 1.54) is 16.4 Å². The van der Waals surface area contributed by atoms with E-state index in [-0.39, 0.29) is 17.5 Å². The van der Waals surface area contributed by atoms with Crippen LogP contribution in [0.2, 0.25) is 0 Å². The molecule has 1 aromatic carbocycles. The first kappa shape index (κ1) is 20.9. The number of anilines is 1. The van der Waals surface area contributed by atoms with Crippen LogP contribution in [0.1, 0.15) is 18.9 Å². The first-order valence-corrected chi connectivity index (χ1v) is 11.2. The fourth-order valence-electron chi connectivity index (χ4n) is 4.05. The van der Waals surface area contributed by atoms with Gasteiger partial charge in [0, 0.05) is 31.9 Å². The molecular formula is C20H22F3N3O3S. The zero-order valence-electron chi connectivity index (χ0n) is 16.3. The lowest BCUT2D eigenvalue weighted by atomic mass is 9.83. The van der Waals surface area contributed by atoms with Crippen LogP contribution in [-0.4, -0.2) is 50.0 Å². The van der Waals surface area contributed by atoms with Crippen molar-refractivity contribution in [2.24, 2.45) is 5.92 Å². The van der Waals surface area contributed by atoms with Gasteiger partial charge in [-0.3, -0.25) is 0 Å². The van der Waals surface area contributed by atoms with Crippen LogP contribution < -0.4 is 9.64 Å². The number of aromatic nitrogens is 1. The van der Waals surface area contributed by atoms with Crippen molar-refractivity contribution in [3.05, 3.63) is 48.2 Å². The number of nitrogens with zero attached hydrogens (tertiary/aromatic N) is 3. The molecule has 3 heterocycles. The molecule has 0 amide bonds. The molecule has 1 aromatic heterocycles. The highest BCUT2D eigenvalue weighted by Crippen LogP contribution is 2.39. The van der Waals surface area contributed by atoms with Crippen LogP contribution in [-0.2, 0) is 16.2 Å². The third kappa shape index (κ3) is 3.74. The average molecular weight is 441 g/mol. The highest BCUT2D eigenvalue weighted by atomic mass is 32.2. The summed E-state index contributed by atoms with van der Waals surface area (Å²) in [6.07, 6.45) is -2.93. The van der Waals surface area contributed by atoms with Gasteiger partial charge >= 0.3 is 6.18 Å². The highest BCUT2D eigenvalue weighted by Gasteiger charge is 2.46. The summed E-state index contributed by atoms with van der Waals surface area (Å²) >= 11 is 0. The zero-order valence-corrected chi connectivity index (χ0v) is 17.2. The molecule has 2 aromatic rings. The van der Waals surface area contributed by atoms with Crippen molar-refractivity contribution in [1.82, 2.24) is 9.29 Å². The van der Waals surface area contributed by atoms with E-state index in [0.717, 1.165) is 12.3 Å². The van der Waals surface area contributed by atoms with Crippen molar-refractivity contribution in [2.75, 3.05) is 31.1 Å². The monoisotopic (exact) mass is 441 g/mol. The van der Waals surface area contributed by atoms with Crippen LogP contribution in [0.25, 0.3) is 0 Å².